The van der Waals surface area contributed by atoms with E-state index < -0.39 is 11.7 Å². The molecule has 0 spiro atoms. The lowest BCUT2D eigenvalue weighted by atomic mass is 9.95. The summed E-state index contributed by atoms with van der Waals surface area (Å²) in [7, 11) is 0. The summed E-state index contributed by atoms with van der Waals surface area (Å²) in [6, 6.07) is 17.9. The summed E-state index contributed by atoms with van der Waals surface area (Å²) in [4.78, 5) is 17.1. The number of amidine groups is 1. The second-order valence-corrected chi connectivity index (χ2v) is 6.32. The minimum absolute atomic E-state index is 0.105. The first-order valence-electron chi connectivity index (χ1n) is 8.25. The molecule has 1 aromatic heterocycles. The highest BCUT2D eigenvalue weighted by atomic mass is 16.4. The van der Waals surface area contributed by atoms with E-state index in [1.165, 1.54) is 0 Å². The molecule has 1 unspecified atom stereocenters. The van der Waals surface area contributed by atoms with E-state index in [1.807, 2.05) is 54.6 Å². The lowest BCUT2D eigenvalue weighted by molar-refractivity contribution is 0.453. The molecule has 4 aromatic rings. The lowest BCUT2D eigenvalue weighted by Gasteiger charge is -2.13. The van der Waals surface area contributed by atoms with Gasteiger partial charge in [-0.05, 0) is 22.4 Å². The Morgan fingerprint density at radius 1 is 1.00 bits per heavy atom. The van der Waals surface area contributed by atoms with Crippen molar-refractivity contribution in [3.63, 3.8) is 0 Å². The molecule has 3 aromatic carbocycles. The number of aliphatic imine (C=N–C) groups is 1. The molecule has 26 heavy (non-hydrogen) atoms. The van der Waals surface area contributed by atoms with Crippen LogP contribution in [0.2, 0.25) is 0 Å². The first-order valence-corrected chi connectivity index (χ1v) is 8.25. The molecule has 0 fully saturated rings. The van der Waals surface area contributed by atoms with Crippen molar-refractivity contribution in [3.05, 3.63) is 87.8 Å². The average molecular weight is 342 g/mol. The molecule has 0 saturated carbocycles. The number of rotatable bonds is 1. The molecule has 1 aliphatic rings. The van der Waals surface area contributed by atoms with Crippen LogP contribution in [0.3, 0.4) is 0 Å². The molecule has 1 atom stereocenters. The third-order valence-corrected chi connectivity index (χ3v) is 4.88. The van der Waals surface area contributed by atoms with Crippen LogP contribution in [0, 0.1) is 0 Å². The van der Waals surface area contributed by atoms with Gasteiger partial charge in [-0.25, -0.2) is 4.79 Å². The van der Waals surface area contributed by atoms with Gasteiger partial charge in [0, 0.05) is 5.56 Å². The molecule has 5 rings (SSSR count). The van der Waals surface area contributed by atoms with Crippen molar-refractivity contribution in [1.82, 2.24) is 0 Å². The van der Waals surface area contributed by atoms with Crippen LogP contribution < -0.4 is 11.4 Å². The minimum atomic E-state index is -0.675. The molecule has 0 saturated heterocycles. The smallest absolute Gasteiger partial charge is 0.345 e. The van der Waals surface area contributed by atoms with Crippen LogP contribution in [0.4, 0.5) is 0 Å². The first-order chi connectivity index (χ1) is 12.6. The standard InChI is InChI=1S/C21H14N2O3/c22-20-14-8-4-3-7-13(14)18(23-20)17-19(24)16-12-6-2-1-5-11(12)9-10-15(16)26-21(17)25/h1-10,18,24H,(H2,22,23). The molecular formula is C21H14N2O3. The van der Waals surface area contributed by atoms with Gasteiger partial charge >= 0.3 is 5.63 Å². The Balaban J connectivity index is 1.88. The van der Waals surface area contributed by atoms with Gasteiger partial charge in [-0.2, -0.15) is 0 Å². The highest BCUT2D eigenvalue weighted by Gasteiger charge is 2.31. The van der Waals surface area contributed by atoms with E-state index in [4.69, 9.17) is 10.2 Å². The van der Waals surface area contributed by atoms with Crippen LogP contribution in [0.15, 0.2) is 74.9 Å². The summed E-state index contributed by atoms with van der Waals surface area (Å²) in [6.07, 6.45) is 0. The number of fused-ring (bicyclic) bond motifs is 4. The zero-order valence-corrected chi connectivity index (χ0v) is 13.6. The minimum Gasteiger partial charge on any atom is -0.506 e. The van der Waals surface area contributed by atoms with Crippen molar-refractivity contribution in [1.29, 1.82) is 0 Å². The maximum Gasteiger partial charge on any atom is 0.345 e. The van der Waals surface area contributed by atoms with Gasteiger partial charge in [-0.1, -0.05) is 54.6 Å². The van der Waals surface area contributed by atoms with Gasteiger partial charge in [-0.15, -0.1) is 0 Å². The van der Waals surface area contributed by atoms with Crippen molar-refractivity contribution in [2.75, 3.05) is 0 Å². The maximum absolute atomic E-state index is 12.7. The molecule has 126 valence electrons. The topological polar surface area (TPSA) is 88.8 Å². The number of nitrogens with zero attached hydrogens (tertiary/aromatic N) is 1. The number of aromatic hydroxyl groups is 1. The molecule has 0 aliphatic carbocycles. The van der Waals surface area contributed by atoms with Crippen LogP contribution in [0.5, 0.6) is 5.75 Å². The van der Waals surface area contributed by atoms with Crippen LogP contribution in [-0.2, 0) is 0 Å². The number of hydrogen-bond donors (Lipinski definition) is 2. The molecule has 1 aliphatic heterocycles. The Hall–Kier alpha value is -3.60. The van der Waals surface area contributed by atoms with Gasteiger partial charge in [0.25, 0.3) is 0 Å². The summed E-state index contributed by atoms with van der Waals surface area (Å²) in [5.41, 5.74) is 7.42. The third kappa shape index (κ3) is 1.91. The highest BCUT2D eigenvalue weighted by molar-refractivity contribution is 6.09. The van der Waals surface area contributed by atoms with Gasteiger partial charge in [0.15, 0.2) is 0 Å². The van der Waals surface area contributed by atoms with Crippen LogP contribution in [-0.4, -0.2) is 10.9 Å². The van der Waals surface area contributed by atoms with E-state index in [1.54, 1.807) is 6.07 Å². The van der Waals surface area contributed by atoms with E-state index in [-0.39, 0.29) is 11.3 Å². The van der Waals surface area contributed by atoms with Crippen molar-refractivity contribution >= 4 is 27.6 Å². The van der Waals surface area contributed by atoms with Crippen molar-refractivity contribution in [2.24, 2.45) is 10.7 Å². The number of nitrogens with two attached hydrogens (primary N) is 1. The molecule has 5 nitrogen and oxygen atoms in total. The van der Waals surface area contributed by atoms with E-state index >= 15 is 0 Å². The van der Waals surface area contributed by atoms with Crippen molar-refractivity contribution in [2.45, 2.75) is 6.04 Å². The molecule has 3 N–H and O–H groups in total. The van der Waals surface area contributed by atoms with Crippen LogP contribution in [0.25, 0.3) is 21.7 Å². The van der Waals surface area contributed by atoms with Crippen molar-refractivity contribution < 1.29 is 9.52 Å². The lowest BCUT2D eigenvalue weighted by Crippen LogP contribution is -2.12. The summed E-state index contributed by atoms with van der Waals surface area (Å²) in [5, 5.41) is 13.3. The Morgan fingerprint density at radius 2 is 1.77 bits per heavy atom. The summed E-state index contributed by atoms with van der Waals surface area (Å²) in [6.45, 7) is 0. The second-order valence-electron chi connectivity index (χ2n) is 6.32. The maximum atomic E-state index is 12.7. The molecular weight excluding hydrogens is 328 g/mol. The normalized spacial score (nSPS) is 16.0. The Morgan fingerprint density at radius 3 is 2.65 bits per heavy atom. The van der Waals surface area contributed by atoms with Crippen LogP contribution >= 0.6 is 0 Å². The van der Waals surface area contributed by atoms with E-state index in [2.05, 4.69) is 4.99 Å². The van der Waals surface area contributed by atoms with Gasteiger partial charge in [0.1, 0.15) is 28.8 Å². The predicted octanol–water partition coefficient (Wildman–Crippen LogP) is 3.46. The first kappa shape index (κ1) is 14.7. The monoisotopic (exact) mass is 342 g/mol. The molecule has 0 amide bonds. The molecule has 5 heteroatoms. The van der Waals surface area contributed by atoms with E-state index in [0.29, 0.717) is 16.8 Å². The quantitative estimate of drug-likeness (QED) is 0.409. The van der Waals surface area contributed by atoms with E-state index in [0.717, 1.165) is 21.9 Å². The third-order valence-electron chi connectivity index (χ3n) is 4.88. The zero-order chi connectivity index (χ0) is 17.8. The fourth-order valence-corrected chi connectivity index (χ4v) is 3.68. The Kier molecular flexibility index (Phi) is 2.94. The van der Waals surface area contributed by atoms with Gasteiger partial charge in [-0.3, -0.25) is 4.99 Å². The summed E-state index contributed by atoms with van der Waals surface area (Å²) in [5.74, 6) is 0.244. The highest BCUT2D eigenvalue weighted by Crippen LogP contribution is 2.41. The predicted molar refractivity (Wildman–Crippen MR) is 101 cm³/mol. The largest absolute Gasteiger partial charge is 0.506 e. The fourth-order valence-electron chi connectivity index (χ4n) is 3.68. The second kappa shape index (κ2) is 5.20. The Bertz CT molecular complexity index is 1290. The molecule has 2 heterocycles. The SMILES string of the molecule is NC1=NC(c2c(O)c3c(ccc4ccccc43)oc2=O)c2ccccc21. The van der Waals surface area contributed by atoms with Gasteiger partial charge < -0.3 is 15.3 Å². The summed E-state index contributed by atoms with van der Waals surface area (Å²) < 4.78 is 5.52. The Labute approximate surface area is 148 Å². The zero-order valence-electron chi connectivity index (χ0n) is 13.6. The summed E-state index contributed by atoms with van der Waals surface area (Å²) >= 11 is 0. The van der Waals surface area contributed by atoms with E-state index in [9.17, 15) is 9.90 Å². The molecule has 0 bridgehead atoms. The number of benzene rings is 3. The van der Waals surface area contributed by atoms with Crippen LogP contribution in [0.1, 0.15) is 22.7 Å². The van der Waals surface area contributed by atoms with Gasteiger partial charge in [0.2, 0.25) is 0 Å². The fraction of sp³-hybridized carbons (Fsp3) is 0.0476. The van der Waals surface area contributed by atoms with Crippen molar-refractivity contribution in [3.8, 4) is 5.75 Å². The van der Waals surface area contributed by atoms with Gasteiger partial charge in [0.05, 0.1) is 5.39 Å². The number of hydrogen-bond acceptors (Lipinski definition) is 5. The average Bonchev–Trinajstić information content (AvgIpc) is 2.98. The molecule has 0 radical (unpaired) electrons.